The van der Waals surface area contributed by atoms with Crippen molar-refractivity contribution in [1.82, 2.24) is 15.1 Å². The molecule has 2 aromatic rings. The molecular formula is C27H34FN3O4. The average molecular weight is 484 g/mol. The van der Waals surface area contributed by atoms with Gasteiger partial charge in [-0.2, -0.15) is 0 Å². The second-order valence-corrected chi connectivity index (χ2v) is 8.73. The molecule has 35 heavy (non-hydrogen) atoms. The Bertz CT molecular complexity index is 1030. The predicted molar refractivity (Wildman–Crippen MR) is 133 cm³/mol. The van der Waals surface area contributed by atoms with Gasteiger partial charge in [0.15, 0.2) is 0 Å². The number of carbonyl (C=O) groups is 2. The number of carbonyl (C=O) groups excluding carboxylic acids is 2. The number of methoxy groups -OCH3 is 1. The highest BCUT2D eigenvalue weighted by atomic mass is 19.1. The molecule has 3 rings (SSSR count). The first-order chi connectivity index (χ1) is 16.8. The van der Waals surface area contributed by atoms with Crippen molar-refractivity contribution in [2.24, 2.45) is 0 Å². The minimum absolute atomic E-state index is 0.0283. The van der Waals surface area contributed by atoms with Crippen molar-refractivity contribution >= 4 is 11.8 Å². The van der Waals surface area contributed by atoms with Crippen LogP contribution >= 0.6 is 0 Å². The number of hydrogen-bond acceptors (Lipinski definition) is 5. The van der Waals surface area contributed by atoms with Crippen molar-refractivity contribution < 1.29 is 23.5 Å². The second-order valence-electron chi connectivity index (χ2n) is 8.73. The van der Waals surface area contributed by atoms with Crippen molar-refractivity contribution in [3.05, 3.63) is 77.6 Å². The molecule has 1 aliphatic heterocycles. The fourth-order valence-electron chi connectivity index (χ4n) is 4.12. The van der Waals surface area contributed by atoms with Crippen LogP contribution in [-0.2, 0) is 9.53 Å². The molecule has 1 unspecified atom stereocenters. The zero-order chi connectivity index (χ0) is 25.4. The molecule has 1 heterocycles. The molecule has 0 spiro atoms. The van der Waals surface area contributed by atoms with E-state index in [1.54, 1.807) is 49.3 Å². The maximum Gasteiger partial charge on any atom is 0.251 e. The lowest BCUT2D eigenvalue weighted by atomic mass is 10.0. The SMILES string of the molecule is C=CC(=O)N1CCN(CC(Oc2ccc(C(=O)NCCOC)cc2)c2ccc(C)c(F)c2)C[C@H]1C. The van der Waals surface area contributed by atoms with Gasteiger partial charge >= 0.3 is 0 Å². The number of piperazine rings is 1. The summed E-state index contributed by atoms with van der Waals surface area (Å²) in [6, 6.07) is 12.1. The number of aryl methyl sites for hydroxylation is 1. The van der Waals surface area contributed by atoms with Gasteiger partial charge in [0.05, 0.1) is 6.61 Å². The molecule has 2 atom stereocenters. The Hall–Kier alpha value is -3.23. The van der Waals surface area contributed by atoms with E-state index in [4.69, 9.17) is 9.47 Å². The highest BCUT2D eigenvalue weighted by Gasteiger charge is 2.28. The van der Waals surface area contributed by atoms with Crippen molar-refractivity contribution in [2.75, 3.05) is 46.4 Å². The van der Waals surface area contributed by atoms with Crippen LogP contribution in [0.25, 0.3) is 0 Å². The molecule has 7 nitrogen and oxygen atoms in total. The monoisotopic (exact) mass is 483 g/mol. The number of ether oxygens (including phenoxy) is 2. The smallest absolute Gasteiger partial charge is 0.251 e. The lowest BCUT2D eigenvalue weighted by Crippen LogP contribution is -2.54. The Labute approximate surface area is 206 Å². The number of hydrogen-bond donors (Lipinski definition) is 1. The van der Waals surface area contributed by atoms with Crippen LogP contribution in [0.15, 0.2) is 55.1 Å². The third kappa shape index (κ3) is 7.13. The molecule has 2 aromatic carbocycles. The van der Waals surface area contributed by atoms with Crippen LogP contribution in [0.3, 0.4) is 0 Å². The van der Waals surface area contributed by atoms with E-state index < -0.39 is 6.10 Å². The molecule has 188 valence electrons. The van der Waals surface area contributed by atoms with Gasteiger partial charge in [-0.3, -0.25) is 14.5 Å². The fraction of sp³-hybridized carbons (Fsp3) is 0.407. The molecule has 0 saturated carbocycles. The first-order valence-corrected chi connectivity index (χ1v) is 11.8. The minimum Gasteiger partial charge on any atom is -0.484 e. The highest BCUT2D eigenvalue weighted by molar-refractivity contribution is 5.94. The lowest BCUT2D eigenvalue weighted by molar-refractivity contribution is -0.130. The van der Waals surface area contributed by atoms with Gasteiger partial charge in [-0.25, -0.2) is 4.39 Å². The van der Waals surface area contributed by atoms with Crippen LogP contribution in [0.4, 0.5) is 4.39 Å². The first-order valence-electron chi connectivity index (χ1n) is 11.8. The van der Waals surface area contributed by atoms with Crippen LogP contribution in [0.1, 0.15) is 34.5 Å². The maximum absolute atomic E-state index is 14.4. The van der Waals surface area contributed by atoms with Crippen molar-refractivity contribution in [3.8, 4) is 5.75 Å². The third-order valence-corrected chi connectivity index (χ3v) is 6.15. The summed E-state index contributed by atoms with van der Waals surface area (Å²) < 4.78 is 25.6. The average Bonchev–Trinajstić information content (AvgIpc) is 2.85. The number of rotatable bonds is 10. The summed E-state index contributed by atoms with van der Waals surface area (Å²) in [6.07, 6.45) is 0.912. The predicted octanol–water partition coefficient (Wildman–Crippen LogP) is 3.35. The van der Waals surface area contributed by atoms with E-state index in [9.17, 15) is 14.0 Å². The number of nitrogens with one attached hydrogen (secondary N) is 1. The summed E-state index contributed by atoms with van der Waals surface area (Å²) in [7, 11) is 1.58. The van der Waals surface area contributed by atoms with Crippen molar-refractivity contribution in [3.63, 3.8) is 0 Å². The van der Waals surface area contributed by atoms with E-state index >= 15 is 0 Å². The summed E-state index contributed by atoms with van der Waals surface area (Å²) in [5, 5.41) is 2.78. The first kappa shape index (κ1) is 26.4. The maximum atomic E-state index is 14.4. The third-order valence-electron chi connectivity index (χ3n) is 6.15. The summed E-state index contributed by atoms with van der Waals surface area (Å²) in [6.45, 7) is 10.7. The molecule has 8 heteroatoms. The minimum atomic E-state index is -0.430. The Balaban J connectivity index is 1.73. The zero-order valence-electron chi connectivity index (χ0n) is 20.6. The normalized spacial score (nSPS) is 17.0. The van der Waals surface area contributed by atoms with Gasteiger partial charge in [-0.15, -0.1) is 0 Å². The summed E-state index contributed by atoms with van der Waals surface area (Å²) >= 11 is 0. The zero-order valence-corrected chi connectivity index (χ0v) is 20.6. The van der Waals surface area contributed by atoms with Gasteiger partial charge in [0.1, 0.15) is 17.7 Å². The molecule has 1 N–H and O–H groups in total. The van der Waals surface area contributed by atoms with Crippen LogP contribution in [0, 0.1) is 12.7 Å². The summed E-state index contributed by atoms with van der Waals surface area (Å²) in [4.78, 5) is 28.3. The second kappa shape index (κ2) is 12.5. The molecule has 1 fully saturated rings. The molecule has 1 aliphatic rings. The van der Waals surface area contributed by atoms with Crippen LogP contribution < -0.4 is 10.1 Å². The van der Waals surface area contributed by atoms with Crippen LogP contribution in [-0.4, -0.2) is 74.1 Å². The fourth-order valence-corrected chi connectivity index (χ4v) is 4.12. The molecule has 0 bridgehead atoms. The van der Waals surface area contributed by atoms with Gasteiger partial charge in [-0.05, 0) is 61.4 Å². The standard InChI is InChI=1S/C27H34FN3O4/c1-5-26(32)31-14-13-30(17-20(31)3)18-25(22-7-6-19(2)24(28)16-22)35-23-10-8-21(9-11-23)27(33)29-12-15-34-4/h5-11,16,20,25H,1,12-15,17-18H2,2-4H3,(H,29,33)/t20-,25?/m1/s1. The molecule has 0 aromatic heterocycles. The molecule has 1 saturated heterocycles. The number of amides is 2. The van der Waals surface area contributed by atoms with Gasteiger partial charge < -0.3 is 19.7 Å². The summed E-state index contributed by atoms with van der Waals surface area (Å²) in [5.41, 5.74) is 1.82. The Morgan fingerprint density at radius 1 is 1.23 bits per heavy atom. The van der Waals surface area contributed by atoms with E-state index in [0.29, 0.717) is 56.2 Å². The quantitative estimate of drug-likeness (QED) is 0.415. The van der Waals surface area contributed by atoms with Crippen molar-refractivity contribution in [2.45, 2.75) is 26.0 Å². The molecule has 0 radical (unpaired) electrons. The van der Waals surface area contributed by atoms with E-state index in [1.165, 1.54) is 12.1 Å². The van der Waals surface area contributed by atoms with Gasteiger partial charge in [0.2, 0.25) is 5.91 Å². The number of benzene rings is 2. The summed E-state index contributed by atoms with van der Waals surface area (Å²) in [5.74, 6) is 0.0375. The van der Waals surface area contributed by atoms with E-state index in [2.05, 4.69) is 16.8 Å². The van der Waals surface area contributed by atoms with Crippen LogP contribution in [0.5, 0.6) is 5.75 Å². The van der Waals surface area contributed by atoms with Gasteiger partial charge in [-0.1, -0.05) is 18.7 Å². The molecule has 2 amide bonds. The van der Waals surface area contributed by atoms with Crippen molar-refractivity contribution in [1.29, 1.82) is 0 Å². The Kier molecular flexibility index (Phi) is 9.39. The number of halogens is 1. The molecular weight excluding hydrogens is 449 g/mol. The Morgan fingerprint density at radius 2 is 1.97 bits per heavy atom. The topological polar surface area (TPSA) is 71.1 Å². The van der Waals surface area contributed by atoms with Crippen LogP contribution in [0.2, 0.25) is 0 Å². The largest absolute Gasteiger partial charge is 0.484 e. The Morgan fingerprint density at radius 3 is 2.60 bits per heavy atom. The van der Waals surface area contributed by atoms with E-state index in [0.717, 1.165) is 5.56 Å². The highest BCUT2D eigenvalue weighted by Crippen LogP contribution is 2.26. The lowest BCUT2D eigenvalue weighted by Gasteiger charge is -2.40. The number of nitrogens with zero attached hydrogens (tertiary/aromatic N) is 2. The van der Waals surface area contributed by atoms with Gasteiger partial charge in [0.25, 0.3) is 5.91 Å². The van der Waals surface area contributed by atoms with E-state index in [-0.39, 0.29) is 23.7 Å². The van der Waals surface area contributed by atoms with E-state index in [1.807, 2.05) is 13.0 Å². The van der Waals surface area contributed by atoms with Gasteiger partial charge in [0, 0.05) is 51.4 Å². The molecule has 0 aliphatic carbocycles.